The van der Waals surface area contributed by atoms with Crippen molar-refractivity contribution in [3.63, 3.8) is 0 Å². The lowest BCUT2D eigenvalue weighted by molar-refractivity contribution is 0.459. The maximum Gasteiger partial charge on any atom is 0.241 e. The Kier molecular flexibility index (Phi) is 3.73. The standard InChI is InChI=1S/C15H18N2O3S/c1-11(15-5-3-9-20-15)17-21(18,19)13-6-7-14-12(10-13)4-2-8-16-14/h3,5-7,9-11,16-17H,2,4,8H2,1H3. The number of hydrogen-bond acceptors (Lipinski definition) is 4. The lowest BCUT2D eigenvalue weighted by atomic mass is 10.0. The van der Waals surface area contributed by atoms with Gasteiger partial charge >= 0.3 is 0 Å². The minimum atomic E-state index is -3.56. The molecule has 0 spiro atoms. The number of furan rings is 1. The number of hydrogen-bond donors (Lipinski definition) is 2. The first-order valence-corrected chi connectivity index (χ1v) is 8.47. The molecule has 1 unspecified atom stereocenters. The average molecular weight is 306 g/mol. The maximum absolute atomic E-state index is 12.5. The molecule has 6 heteroatoms. The molecule has 1 aromatic carbocycles. The average Bonchev–Trinajstić information content (AvgIpc) is 3.00. The Balaban J connectivity index is 1.84. The maximum atomic E-state index is 12.5. The largest absolute Gasteiger partial charge is 0.468 e. The van der Waals surface area contributed by atoms with Crippen molar-refractivity contribution in [3.05, 3.63) is 47.9 Å². The lowest BCUT2D eigenvalue weighted by Crippen LogP contribution is -2.27. The summed E-state index contributed by atoms with van der Waals surface area (Å²) >= 11 is 0. The highest BCUT2D eigenvalue weighted by atomic mass is 32.2. The molecule has 2 heterocycles. The summed E-state index contributed by atoms with van der Waals surface area (Å²) in [5, 5.41) is 3.27. The van der Waals surface area contributed by atoms with Crippen molar-refractivity contribution >= 4 is 15.7 Å². The van der Waals surface area contributed by atoms with E-state index in [1.165, 1.54) is 6.26 Å². The van der Waals surface area contributed by atoms with Gasteiger partial charge in [0.15, 0.2) is 0 Å². The molecule has 0 saturated heterocycles. The third kappa shape index (κ3) is 2.96. The molecule has 2 N–H and O–H groups in total. The highest BCUT2D eigenvalue weighted by Gasteiger charge is 2.21. The molecule has 5 nitrogen and oxygen atoms in total. The second kappa shape index (κ2) is 5.54. The number of aryl methyl sites for hydroxylation is 1. The van der Waals surface area contributed by atoms with Crippen LogP contribution in [0.25, 0.3) is 0 Å². The molecule has 0 bridgehead atoms. The van der Waals surface area contributed by atoms with Crippen molar-refractivity contribution in [2.75, 3.05) is 11.9 Å². The van der Waals surface area contributed by atoms with Gasteiger partial charge in [-0.25, -0.2) is 13.1 Å². The fourth-order valence-electron chi connectivity index (χ4n) is 2.51. The van der Waals surface area contributed by atoms with Gasteiger partial charge in [-0.2, -0.15) is 0 Å². The topological polar surface area (TPSA) is 71.3 Å². The summed E-state index contributed by atoms with van der Waals surface area (Å²) in [5.41, 5.74) is 2.08. The van der Waals surface area contributed by atoms with E-state index >= 15 is 0 Å². The van der Waals surface area contributed by atoms with Gasteiger partial charge in [0.1, 0.15) is 5.76 Å². The van der Waals surface area contributed by atoms with Crippen LogP contribution in [-0.4, -0.2) is 15.0 Å². The number of sulfonamides is 1. The first-order valence-electron chi connectivity index (χ1n) is 6.99. The van der Waals surface area contributed by atoms with Gasteiger partial charge in [0.25, 0.3) is 0 Å². The molecule has 1 atom stereocenters. The van der Waals surface area contributed by atoms with E-state index in [4.69, 9.17) is 4.42 Å². The van der Waals surface area contributed by atoms with Crippen LogP contribution in [0.4, 0.5) is 5.69 Å². The molecular weight excluding hydrogens is 288 g/mol. The monoisotopic (exact) mass is 306 g/mol. The van der Waals surface area contributed by atoms with Gasteiger partial charge in [-0.1, -0.05) is 0 Å². The molecule has 1 aliphatic rings. The highest BCUT2D eigenvalue weighted by Crippen LogP contribution is 2.25. The second-order valence-electron chi connectivity index (χ2n) is 5.21. The molecule has 112 valence electrons. The Hall–Kier alpha value is -1.79. The van der Waals surface area contributed by atoms with Crippen LogP contribution in [0, 0.1) is 0 Å². The van der Waals surface area contributed by atoms with E-state index in [1.807, 2.05) is 6.07 Å². The Morgan fingerprint density at radius 3 is 2.95 bits per heavy atom. The molecule has 3 rings (SSSR count). The van der Waals surface area contributed by atoms with E-state index in [0.717, 1.165) is 30.6 Å². The third-order valence-electron chi connectivity index (χ3n) is 3.63. The molecule has 0 radical (unpaired) electrons. The minimum Gasteiger partial charge on any atom is -0.468 e. The summed E-state index contributed by atoms with van der Waals surface area (Å²) in [7, 11) is -3.56. The van der Waals surface area contributed by atoms with Gasteiger partial charge in [0, 0.05) is 12.2 Å². The summed E-state index contributed by atoms with van der Waals surface area (Å²) in [6.07, 6.45) is 3.46. The second-order valence-corrected chi connectivity index (χ2v) is 6.92. The van der Waals surface area contributed by atoms with Gasteiger partial charge in [-0.05, 0) is 55.7 Å². The summed E-state index contributed by atoms with van der Waals surface area (Å²) in [6, 6.07) is 8.31. The van der Waals surface area contributed by atoms with Crippen LogP contribution in [0.15, 0.2) is 45.9 Å². The zero-order valence-electron chi connectivity index (χ0n) is 11.8. The SMILES string of the molecule is CC(NS(=O)(=O)c1ccc2c(c1)CCCN2)c1ccco1. The molecule has 0 amide bonds. The van der Waals surface area contributed by atoms with E-state index in [-0.39, 0.29) is 0 Å². The van der Waals surface area contributed by atoms with Crippen LogP contribution in [0.1, 0.15) is 30.7 Å². The Morgan fingerprint density at radius 1 is 1.33 bits per heavy atom. The quantitative estimate of drug-likeness (QED) is 0.911. The van der Waals surface area contributed by atoms with Crippen molar-refractivity contribution in [3.8, 4) is 0 Å². The van der Waals surface area contributed by atoms with Gasteiger partial charge in [0.2, 0.25) is 10.0 Å². The molecule has 2 aromatic rings. The normalized spacial score (nSPS) is 16.0. The van der Waals surface area contributed by atoms with Crippen LogP contribution < -0.4 is 10.0 Å². The predicted octanol–water partition coefficient (Wildman–Crippen LogP) is 2.68. The number of nitrogens with one attached hydrogen (secondary N) is 2. The smallest absolute Gasteiger partial charge is 0.241 e. The van der Waals surface area contributed by atoms with Crippen LogP contribution >= 0.6 is 0 Å². The Labute approximate surface area is 124 Å². The lowest BCUT2D eigenvalue weighted by Gasteiger charge is -2.19. The van der Waals surface area contributed by atoms with E-state index in [9.17, 15) is 8.42 Å². The van der Waals surface area contributed by atoms with Crippen molar-refractivity contribution in [1.82, 2.24) is 4.72 Å². The third-order valence-corrected chi connectivity index (χ3v) is 5.17. The number of fused-ring (bicyclic) bond motifs is 1. The van der Waals surface area contributed by atoms with Gasteiger partial charge in [-0.15, -0.1) is 0 Å². The van der Waals surface area contributed by atoms with Gasteiger partial charge in [0.05, 0.1) is 17.2 Å². The fourth-order valence-corrected chi connectivity index (χ4v) is 3.78. The molecule has 1 aliphatic heterocycles. The molecular formula is C15H18N2O3S. The molecule has 0 saturated carbocycles. The van der Waals surface area contributed by atoms with E-state index in [1.54, 1.807) is 31.2 Å². The van der Waals surface area contributed by atoms with Gasteiger partial charge in [-0.3, -0.25) is 0 Å². The highest BCUT2D eigenvalue weighted by molar-refractivity contribution is 7.89. The van der Waals surface area contributed by atoms with Crippen molar-refractivity contribution in [1.29, 1.82) is 0 Å². The number of rotatable bonds is 4. The summed E-state index contributed by atoms with van der Waals surface area (Å²) in [5.74, 6) is 0.596. The van der Waals surface area contributed by atoms with Crippen LogP contribution in [0.3, 0.4) is 0 Å². The predicted molar refractivity (Wildman–Crippen MR) is 80.7 cm³/mol. The number of anilines is 1. The molecule has 1 aromatic heterocycles. The van der Waals surface area contributed by atoms with Crippen molar-refractivity contribution in [2.45, 2.75) is 30.7 Å². The van der Waals surface area contributed by atoms with Crippen molar-refractivity contribution in [2.24, 2.45) is 0 Å². The minimum absolute atomic E-state index is 0.295. The van der Waals surface area contributed by atoms with Gasteiger partial charge < -0.3 is 9.73 Å². The first kappa shape index (κ1) is 14.2. The molecule has 0 fully saturated rings. The molecule has 21 heavy (non-hydrogen) atoms. The Morgan fingerprint density at radius 2 is 2.19 bits per heavy atom. The first-order chi connectivity index (χ1) is 10.1. The van der Waals surface area contributed by atoms with Crippen molar-refractivity contribution < 1.29 is 12.8 Å². The van der Waals surface area contributed by atoms with E-state index < -0.39 is 16.1 Å². The van der Waals surface area contributed by atoms with E-state index in [2.05, 4.69) is 10.0 Å². The van der Waals surface area contributed by atoms with Crippen LogP contribution in [0.5, 0.6) is 0 Å². The summed E-state index contributed by atoms with van der Waals surface area (Å²) in [4.78, 5) is 0.295. The van der Waals surface area contributed by atoms with E-state index in [0.29, 0.717) is 10.7 Å². The summed E-state index contributed by atoms with van der Waals surface area (Å²) in [6.45, 7) is 2.70. The fraction of sp³-hybridized carbons (Fsp3) is 0.333. The van der Waals surface area contributed by atoms with Crippen LogP contribution in [0.2, 0.25) is 0 Å². The summed E-state index contributed by atoms with van der Waals surface area (Å²) < 4.78 is 32.8. The zero-order chi connectivity index (χ0) is 14.9. The molecule has 0 aliphatic carbocycles. The number of benzene rings is 1. The zero-order valence-corrected chi connectivity index (χ0v) is 12.6. The van der Waals surface area contributed by atoms with Crippen LogP contribution in [-0.2, 0) is 16.4 Å². The Bertz CT molecular complexity index is 723.